The van der Waals surface area contributed by atoms with Crippen LogP contribution in [0.25, 0.3) is 10.6 Å². The third kappa shape index (κ3) is 3.20. The molecule has 104 valence electrons. The van der Waals surface area contributed by atoms with E-state index in [0.29, 0.717) is 5.56 Å². The SMILES string of the molecule is O=C(Nc1ccc(-c2nccs2)cc1)c1ccccc1Br. The van der Waals surface area contributed by atoms with Crippen molar-refractivity contribution in [3.8, 4) is 10.6 Å². The average molecular weight is 359 g/mol. The lowest BCUT2D eigenvalue weighted by Gasteiger charge is -2.07. The van der Waals surface area contributed by atoms with E-state index in [1.54, 1.807) is 23.6 Å². The summed E-state index contributed by atoms with van der Waals surface area (Å²) in [6.07, 6.45) is 1.78. The van der Waals surface area contributed by atoms with Crippen molar-refractivity contribution in [1.29, 1.82) is 0 Å². The molecule has 0 unspecified atom stereocenters. The topological polar surface area (TPSA) is 42.0 Å². The Hall–Kier alpha value is -1.98. The first kappa shape index (κ1) is 14.0. The van der Waals surface area contributed by atoms with Gasteiger partial charge in [-0.3, -0.25) is 4.79 Å². The van der Waals surface area contributed by atoms with Crippen molar-refractivity contribution in [2.45, 2.75) is 0 Å². The second-order valence-corrected chi connectivity index (χ2v) is 6.10. The van der Waals surface area contributed by atoms with Gasteiger partial charge in [0.15, 0.2) is 0 Å². The zero-order valence-corrected chi connectivity index (χ0v) is 13.3. The molecule has 3 rings (SSSR count). The molecule has 0 bridgehead atoms. The molecule has 0 fully saturated rings. The number of carbonyl (C=O) groups excluding carboxylic acids is 1. The molecular formula is C16H11BrN2OS. The summed E-state index contributed by atoms with van der Waals surface area (Å²) >= 11 is 4.97. The van der Waals surface area contributed by atoms with E-state index in [9.17, 15) is 4.79 Å². The van der Waals surface area contributed by atoms with Crippen LogP contribution in [0, 0.1) is 0 Å². The van der Waals surface area contributed by atoms with Gasteiger partial charge >= 0.3 is 0 Å². The summed E-state index contributed by atoms with van der Waals surface area (Å²) in [5.74, 6) is -0.135. The molecule has 2 aromatic carbocycles. The van der Waals surface area contributed by atoms with E-state index >= 15 is 0 Å². The highest BCUT2D eigenvalue weighted by atomic mass is 79.9. The Labute approximate surface area is 134 Å². The normalized spacial score (nSPS) is 10.3. The van der Waals surface area contributed by atoms with Gasteiger partial charge in [-0.05, 0) is 52.3 Å². The molecule has 5 heteroatoms. The van der Waals surface area contributed by atoms with Crippen LogP contribution in [0.15, 0.2) is 64.6 Å². The van der Waals surface area contributed by atoms with Crippen LogP contribution in [-0.2, 0) is 0 Å². The number of benzene rings is 2. The molecule has 21 heavy (non-hydrogen) atoms. The van der Waals surface area contributed by atoms with Crippen molar-refractivity contribution in [3.63, 3.8) is 0 Å². The maximum atomic E-state index is 12.2. The summed E-state index contributed by atoms with van der Waals surface area (Å²) < 4.78 is 0.780. The molecule has 0 aliphatic carbocycles. The van der Waals surface area contributed by atoms with Gasteiger partial charge in [-0.25, -0.2) is 4.98 Å². The predicted molar refractivity (Wildman–Crippen MR) is 89.6 cm³/mol. The van der Waals surface area contributed by atoms with Gasteiger partial charge in [-0.1, -0.05) is 12.1 Å². The standard InChI is InChI=1S/C16H11BrN2OS/c17-14-4-2-1-3-13(14)15(20)19-12-7-5-11(6-8-12)16-18-9-10-21-16/h1-10H,(H,19,20). The number of rotatable bonds is 3. The first-order valence-electron chi connectivity index (χ1n) is 6.30. The third-order valence-corrected chi connectivity index (χ3v) is 4.45. The number of thiazole rings is 1. The van der Waals surface area contributed by atoms with Crippen LogP contribution in [0.4, 0.5) is 5.69 Å². The van der Waals surface area contributed by atoms with Gasteiger partial charge in [0, 0.05) is 27.3 Å². The van der Waals surface area contributed by atoms with E-state index in [4.69, 9.17) is 0 Å². The number of halogens is 1. The van der Waals surface area contributed by atoms with Crippen molar-refractivity contribution in [1.82, 2.24) is 4.98 Å². The lowest BCUT2D eigenvalue weighted by Crippen LogP contribution is -2.12. The number of hydrogen-bond donors (Lipinski definition) is 1. The minimum absolute atomic E-state index is 0.135. The van der Waals surface area contributed by atoms with Gasteiger partial charge in [0.1, 0.15) is 5.01 Å². The molecule has 0 spiro atoms. The Morgan fingerprint density at radius 2 is 1.86 bits per heavy atom. The van der Waals surface area contributed by atoms with Gasteiger partial charge in [-0.2, -0.15) is 0 Å². The van der Waals surface area contributed by atoms with Gasteiger partial charge in [0.05, 0.1) is 5.56 Å². The molecule has 0 saturated heterocycles. The summed E-state index contributed by atoms with van der Waals surface area (Å²) in [6, 6.07) is 15.0. The Balaban J connectivity index is 1.77. The number of hydrogen-bond acceptors (Lipinski definition) is 3. The zero-order chi connectivity index (χ0) is 14.7. The average Bonchev–Trinajstić information content (AvgIpc) is 3.02. The fraction of sp³-hybridized carbons (Fsp3) is 0. The molecule has 0 saturated carbocycles. The number of anilines is 1. The molecule has 1 amide bonds. The van der Waals surface area contributed by atoms with Crippen LogP contribution in [0.3, 0.4) is 0 Å². The summed E-state index contributed by atoms with van der Waals surface area (Å²) in [6.45, 7) is 0. The molecule has 0 aliphatic rings. The number of nitrogens with one attached hydrogen (secondary N) is 1. The Morgan fingerprint density at radius 1 is 1.10 bits per heavy atom. The smallest absolute Gasteiger partial charge is 0.256 e. The van der Waals surface area contributed by atoms with Crippen molar-refractivity contribution in [2.75, 3.05) is 5.32 Å². The van der Waals surface area contributed by atoms with E-state index in [2.05, 4.69) is 26.2 Å². The molecule has 3 nitrogen and oxygen atoms in total. The van der Waals surface area contributed by atoms with Gasteiger partial charge in [-0.15, -0.1) is 11.3 Å². The molecule has 0 radical (unpaired) electrons. The monoisotopic (exact) mass is 358 g/mol. The summed E-state index contributed by atoms with van der Waals surface area (Å²) in [5, 5.41) is 5.80. The maximum Gasteiger partial charge on any atom is 0.256 e. The molecule has 3 aromatic rings. The van der Waals surface area contributed by atoms with E-state index in [1.807, 2.05) is 47.8 Å². The van der Waals surface area contributed by atoms with Gasteiger partial charge < -0.3 is 5.32 Å². The van der Waals surface area contributed by atoms with Crippen LogP contribution < -0.4 is 5.32 Å². The van der Waals surface area contributed by atoms with Crippen LogP contribution in [0.5, 0.6) is 0 Å². The van der Waals surface area contributed by atoms with Crippen molar-refractivity contribution >= 4 is 38.9 Å². The van der Waals surface area contributed by atoms with Crippen LogP contribution in [0.1, 0.15) is 10.4 Å². The molecular weight excluding hydrogens is 348 g/mol. The Kier molecular flexibility index (Phi) is 4.13. The fourth-order valence-electron chi connectivity index (χ4n) is 1.91. The highest BCUT2D eigenvalue weighted by molar-refractivity contribution is 9.10. The number of amides is 1. The molecule has 1 N–H and O–H groups in total. The van der Waals surface area contributed by atoms with E-state index in [-0.39, 0.29) is 5.91 Å². The number of aromatic nitrogens is 1. The largest absolute Gasteiger partial charge is 0.322 e. The van der Waals surface area contributed by atoms with Crippen LogP contribution in [0.2, 0.25) is 0 Å². The first-order valence-corrected chi connectivity index (χ1v) is 7.97. The van der Waals surface area contributed by atoms with Crippen molar-refractivity contribution < 1.29 is 4.79 Å². The molecule has 0 aliphatic heterocycles. The highest BCUT2D eigenvalue weighted by Gasteiger charge is 2.09. The lowest BCUT2D eigenvalue weighted by molar-refractivity contribution is 0.102. The number of nitrogens with zero attached hydrogens (tertiary/aromatic N) is 1. The molecule has 1 heterocycles. The van der Waals surface area contributed by atoms with Crippen LogP contribution >= 0.6 is 27.3 Å². The summed E-state index contributed by atoms with van der Waals surface area (Å²) in [4.78, 5) is 16.5. The Bertz CT molecular complexity index is 754. The Morgan fingerprint density at radius 3 is 2.52 bits per heavy atom. The second kappa shape index (κ2) is 6.20. The maximum absolute atomic E-state index is 12.2. The van der Waals surface area contributed by atoms with E-state index < -0.39 is 0 Å². The van der Waals surface area contributed by atoms with Crippen LogP contribution in [-0.4, -0.2) is 10.9 Å². The third-order valence-electron chi connectivity index (χ3n) is 2.94. The molecule has 0 atom stereocenters. The first-order chi connectivity index (χ1) is 10.2. The van der Waals surface area contributed by atoms with E-state index in [1.165, 1.54) is 0 Å². The predicted octanol–water partition coefficient (Wildman–Crippen LogP) is 4.82. The lowest BCUT2D eigenvalue weighted by atomic mass is 10.2. The van der Waals surface area contributed by atoms with E-state index in [0.717, 1.165) is 20.7 Å². The zero-order valence-electron chi connectivity index (χ0n) is 10.9. The fourth-order valence-corrected chi connectivity index (χ4v) is 3.02. The quantitative estimate of drug-likeness (QED) is 0.728. The second-order valence-electron chi connectivity index (χ2n) is 4.35. The summed E-state index contributed by atoms with van der Waals surface area (Å²) in [5.41, 5.74) is 2.42. The summed E-state index contributed by atoms with van der Waals surface area (Å²) in [7, 11) is 0. The minimum Gasteiger partial charge on any atom is -0.322 e. The van der Waals surface area contributed by atoms with Crippen molar-refractivity contribution in [3.05, 3.63) is 70.1 Å². The number of carbonyl (C=O) groups is 1. The van der Waals surface area contributed by atoms with Crippen molar-refractivity contribution in [2.24, 2.45) is 0 Å². The van der Waals surface area contributed by atoms with Gasteiger partial charge in [0.2, 0.25) is 0 Å². The van der Waals surface area contributed by atoms with Gasteiger partial charge in [0.25, 0.3) is 5.91 Å². The molecule has 1 aromatic heterocycles. The highest BCUT2D eigenvalue weighted by Crippen LogP contribution is 2.24. The minimum atomic E-state index is -0.135.